The predicted molar refractivity (Wildman–Crippen MR) is 127 cm³/mol. The second kappa shape index (κ2) is 9.91. The van der Waals surface area contributed by atoms with E-state index in [1.807, 2.05) is 71.1 Å². The normalized spacial score (nSPS) is 11.7. The summed E-state index contributed by atoms with van der Waals surface area (Å²) in [5, 5.41) is 6.78. The number of anilines is 2. The summed E-state index contributed by atoms with van der Waals surface area (Å²) in [5.41, 5.74) is 2.74. The summed E-state index contributed by atoms with van der Waals surface area (Å²) in [6.45, 7) is 4.63. The van der Waals surface area contributed by atoms with Crippen molar-refractivity contribution in [2.24, 2.45) is 0 Å². The van der Waals surface area contributed by atoms with Gasteiger partial charge in [-0.1, -0.05) is 19.1 Å². The number of benzene rings is 1. The van der Waals surface area contributed by atoms with E-state index in [0.29, 0.717) is 11.4 Å². The van der Waals surface area contributed by atoms with Crippen molar-refractivity contribution < 1.29 is 9.59 Å². The maximum absolute atomic E-state index is 13.2. The van der Waals surface area contributed by atoms with Crippen molar-refractivity contribution in [1.29, 1.82) is 0 Å². The lowest BCUT2D eigenvalue weighted by Crippen LogP contribution is -2.37. The van der Waals surface area contributed by atoms with Crippen molar-refractivity contribution in [1.82, 2.24) is 4.90 Å². The summed E-state index contributed by atoms with van der Waals surface area (Å²) >= 11 is 2.87. The molecule has 0 aliphatic carbocycles. The van der Waals surface area contributed by atoms with Gasteiger partial charge in [0.1, 0.15) is 0 Å². The molecule has 0 radical (unpaired) electrons. The van der Waals surface area contributed by atoms with Crippen molar-refractivity contribution in [3.8, 4) is 0 Å². The molecule has 1 atom stereocenters. The van der Waals surface area contributed by atoms with E-state index in [0.717, 1.165) is 28.2 Å². The third-order valence-electron chi connectivity index (χ3n) is 5.02. The second-order valence-electron chi connectivity index (χ2n) is 7.34. The van der Waals surface area contributed by atoms with Crippen LogP contribution in [0.3, 0.4) is 0 Å². The van der Waals surface area contributed by atoms with E-state index < -0.39 is 0 Å². The first-order valence-electron chi connectivity index (χ1n) is 9.90. The van der Waals surface area contributed by atoms with Crippen LogP contribution >= 0.6 is 22.7 Å². The summed E-state index contributed by atoms with van der Waals surface area (Å²) in [6.07, 6.45) is 0.864. The minimum atomic E-state index is -0.123. The van der Waals surface area contributed by atoms with Crippen LogP contribution in [-0.4, -0.2) is 36.9 Å². The van der Waals surface area contributed by atoms with Crippen molar-refractivity contribution in [2.45, 2.75) is 32.9 Å². The van der Waals surface area contributed by atoms with Gasteiger partial charge in [0.2, 0.25) is 0 Å². The summed E-state index contributed by atoms with van der Waals surface area (Å²) in [5.74, 6) is -0.0842. The number of thiophene rings is 2. The molecule has 0 aliphatic heterocycles. The van der Waals surface area contributed by atoms with Gasteiger partial charge in [-0.25, -0.2) is 0 Å². The minimum Gasteiger partial charge on any atom is -0.377 e. The maximum atomic E-state index is 13.2. The Labute approximate surface area is 186 Å². The van der Waals surface area contributed by atoms with E-state index in [1.165, 1.54) is 22.7 Å². The zero-order valence-electron chi connectivity index (χ0n) is 17.7. The number of hydrogen-bond acceptors (Lipinski definition) is 5. The zero-order valence-corrected chi connectivity index (χ0v) is 19.3. The highest BCUT2D eigenvalue weighted by molar-refractivity contribution is 7.12. The van der Waals surface area contributed by atoms with E-state index in [9.17, 15) is 9.59 Å². The summed E-state index contributed by atoms with van der Waals surface area (Å²) in [7, 11) is 3.97. The molecule has 158 valence electrons. The van der Waals surface area contributed by atoms with Crippen molar-refractivity contribution in [2.75, 3.05) is 24.3 Å². The summed E-state index contributed by atoms with van der Waals surface area (Å²) < 4.78 is 0. The number of rotatable bonds is 8. The molecule has 0 aliphatic rings. The molecule has 3 aromatic rings. The van der Waals surface area contributed by atoms with Gasteiger partial charge in [0.25, 0.3) is 11.8 Å². The van der Waals surface area contributed by atoms with Crippen molar-refractivity contribution in [3.05, 3.63) is 68.5 Å². The van der Waals surface area contributed by atoms with Gasteiger partial charge in [-0.05, 0) is 60.0 Å². The Morgan fingerprint density at radius 1 is 1.03 bits per heavy atom. The number of hydrogen-bond donors (Lipinski definition) is 1. The monoisotopic (exact) mass is 441 g/mol. The van der Waals surface area contributed by atoms with Gasteiger partial charge in [0.15, 0.2) is 0 Å². The molecule has 2 heterocycles. The quantitative estimate of drug-likeness (QED) is 0.497. The van der Waals surface area contributed by atoms with Gasteiger partial charge in [0.05, 0.1) is 9.75 Å². The number of amides is 2. The highest BCUT2D eigenvalue weighted by Crippen LogP contribution is 2.27. The SMILES string of the molecule is CC[C@H](C)N(Cc1cc(NC(=O)c2cccs2)ccc1N(C)C)C(=O)c1cccs1. The van der Waals surface area contributed by atoms with Crippen LogP contribution in [0.4, 0.5) is 11.4 Å². The van der Waals surface area contributed by atoms with Crippen LogP contribution in [0.2, 0.25) is 0 Å². The molecule has 2 amide bonds. The average Bonchev–Trinajstić information content (AvgIpc) is 3.45. The van der Waals surface area contributed by atoms with Crippen LogP contribution in [0.5, 0.6) is 0 Å². The Balaban J connectivity index is 1.90. The lowest BCUT2D eigenvalue weighted by Gasteiger charge is -2.30. The molecule has 0 bridgehead atoms. The van der Waals surface area contributed by atoms with Gasteiger partial charge >= 0.3 is 0 Å². The molecule has 0 saturated heterocycles. The number of carbonyl (C=O) groups is 2. The smallest absolute Gasteiger partial charge is 0.265 e. The Morgan fingerprint density at radius 3 is 2.27 bits per heavy atom. The Morgan fingerprint density at radius 2 is 1.70 bits per heavy atom. The van der Waals surface area contributed by atoms with E-state index in [4.69, 9.17) is 0 Å². The topological polar surface area (TPSA) is 52.7 Å². The zero-order chi connectivity index (χ0) is 21.7. The van der Waals surface area contributed by atoms with E-state index in [1.54, 1.807) is 6.07 Å². The van der Waals surface area contributed by atoms with Crippen LogP contribution < -0.4 is 10.2 Å². The summed E-state index contributed by atoms with van der Waals surface area (Å²) in [4.78, 5) is 31.0. The number of nitrogens with one attached hydrogen (secondary N) is 1. The van der Waals surface area contributed by atoms with Crippen LogP contribution in [0.25, 0.3) is 0 Å². The maximum Gasteiger partial charge on any atom is 0.265 e. The molecular weight excluding hydrogens is 414 g/mol. The van der Waals surface area contributed by atoms with Gasteiger partial charge in [-0.2, -0.15) is 0 Å². The molecule has 3 rings (SSSR count). The first-order valence-corrected chi connectivity index (χ1v) is 11.7. The molecule has 2 aromatic heterocycles. The molecule has 0 unspecified atom stereocenters. The van der Waals surface area contributed by atoms with Gasteiger partial charge in [0, 0.05) is 38.1 Å². The third-order valence-corrected chi connectivity index (χ3v) is 6.75. The van der Waals surface area contributed by atoms with Crippen LogP contribution in [-0.2, 0) is 6.54 Å². The fraction of sp³-hybridized carbons (Fsp3) is 0.304. The summed E-state index contributed by atoms with van der Waals surface area (Å²) in [6, 6.07) is 13.4. The minimum absolute atomic E-state index is 0.0390. The molecule has 5 nitrogen and oxygen atoms in total. The highest BCUT2D eigenvalue weighted by atomic mass is 32.1. The van der Waals surface area contributed by atoms with E-state index >= 15 is 0 Å². The molecule has 0 fully saturated rings. The molecule has 0 saturated carbocycles. The van der Waals surface area contributed by atoms with Crippen molar-refractivity contribution in [3.63, 3.8) is 0 Å². The fourth-order valence-corrected chi connectivity index (χ4v) is 4.50. The first-order chi connectivity index (χ1) is 14.4. The first kappa shape index (κ1) is 22.1. The largest absolute Gasteiger partial charge is 0.377 e. The van der Waals surface area contributed by atoms with Gasteiger partial charge in [-0.3, -0.25) is 9.59 Å². The Bertz CT molecular complexity index is 982. The predicted octanol–water partition coefficient (Wildman–Crippen LogP) is 5.57. The average molecular weight is 442 g/mol. The molecular formula is C23H27N3O2S2. The molecule has 30 heavy (non-hydrogen) atoms. The highest BCUT2D eigenvalue weighted by Gasteiger charge is 2.23. The number of nitrogens with zero attached hydrogens (tertiary/aromatic N) is 2. The lowest BCUT2D eigenvalue weighted by molar-refractivity contribution is 0.0676. The van der Waals surface area contributed by atoms with Crippen LogP contribution in [0.1, 0.15) is 45.2 Å². The molecule has 0 spiro atoms. The van der Waals surface area contributed by atoms with E-state index in [2.05, 4.69) is 19.2 Å². The van der Waals surface area contributed by atoms with Crippen LogP contribution in [0.15, 0.2) is 53.2 Å². The number of carbonyl (C=O) groups excluding carboxylic acids is 2. The van der Waals surface area contributed by atoms with Gasteiger partial charge in [-0.15, -0.1) is 22.7 Å². The lowest BCUT2D eigenvalue weighted by atomic mass is 10.1. The Hall–Kier alpha value is -2.64. The standard InChI is InChI=1S/C23H27N3O2S2/c1-5-16(2)26(23(28)21-9-7-13-30-21)15-17-14-18(10-11-19(17)25(3)4)24-22(27)20-8-6-12-29-20/h6-14,16H,5,15H2,1-4H3,(H,24,27)/t16-/m0/s1. The van der Waals surface area contributed by atoms with Crippen LogP contribution in [0, 0.1) is 0 Å². The molecule has 1 aromatic carbocycles. The van der Waals surface area contributed by atoms with Crippen molar-refractivity contribution >= 4 is 45.9 Å². The molecule has 1 N–H and O–H groups in total. The molecule has 7 heteroatoms. The fourth-order valence-electron chi connectivity index (χ4n) is 3.20. The third kappa shape index (κ3) is 5.09. The van der Waals surface area contributed by atoms with E-state index in [-0.39, 0.29) is 17.9 Å². The Kier molecular flexibility index (Phi) is 7.29. The second-order valence-corrected chi connectivity index (χ2v) is 9.23. The van der Waals surface area contributed by atoms with Gasteiger partial charge < -0.3 is 15.1 Å².